The Labute approximate surface area is 152 Å². The van der Waals surface area contributed by atoms with Crippen molar-refractivity contribution in [2.45, 2.75) is 13.8 Å². The smallest absolute Gasteiger partial charge is 0.208 e. The van der Waals surface area contributed by atoms with Crippen LogP contribution >= 0.6 is 11.3 Å². The number of rotatable bonds is 4. The van der Waals surface area contributed by atoms with Gasteiger partial charge in [0.2, 0.25) is 4.80 Å². The molecule has 2 N–H and O–H groups in total. The van der Waals surface area contributed by atoms with Crippen molar-refractivity contribution in [1.82, 2.24) is 4.57 Å². The summed E-state index contributed by atoms with van der Waals surface area (Å²) in [4.78, 5) is 13.5. The molecule has 0 aliphatic heterocycles. The molecule has 0 spiro atoms. The first kappa shape index (κ1) is 18.7. The Morgan fingerprint density at radius 1 is 1.12 bits per heavy atom. The number of nitrogens with two attached hydrogens (primary N) is 1. The van der Waals surface area contributed by atoms with Crippen molar-refractivity contribution >= 4 is 33.5 Å². The molecule has 0 radical (unpaired) electrons. The van der Waals surface area contributed by atoms with E-state index in [9.17, 15) is 4.79 Å². The van der Waals surface area contributed by atoms with Gasteiger partial charge in [-0.25, -0.2) is 0 Å². The number of thiazole rings is 1. The first-order valence-corrected chi connectivity index (χ1v) is 9.04. The molecule has 3 rings (SSSR count). The number of benzene rings is 2. The van der Waals surface area contributed by atoms with Gasteiger partial charge in [0.15, 0.2) is 0 Å². The second-order valence-corrected chi connectivity index (χ2v) is 6.43. The van der Waals surface area contributed by atoms with Crippen LogP contribution in [0.25, 0.3) is 10.2 Å². The summed E-state index contributed by atoms with van der Waals surface area (Å²) in [5, 5.41) is 3.69. The number of anilines is 1. The van der Waals surface area contributed by atoms with Crippen molar-refractivity contribution in [2.75, 3.05) is 18.0 Å². The van der Waals surface area contributed by atoms with Gasteiger partial charge in [0.1, 0.15) is 6.29 Å². The molecule has 0 saturated heterocycles. The van der Waals surface area contributed by atoms with E-state index in [2.05, 4.69) is 36.0 Å². The lowest BCUT2D eigenvalue weighted by atomic mass is 10.2. The van der Waals surface area contributed by atoms with E-state index in [0.717, 1.165) is 29.7 Å². The molecule has 0 bridgehead atoms. The molecule has 0 atom stereocenters. The minimum atomic E-state index is 0.732. The quantitative estimate of drug-likeness (QED) is 0.443. The van der Waals surface area contributed by atoms with E-state index >= 15 is 0 Å². The topological polar surface area (TPSA) is 63.6 Å². The van der Waals surface area contributed by atoms with Gasteiger partial charge in [-0.2, -0.15) is 5.10 Å². The second-order valence-electron chi connectivity index (χ2n) is 5.42. The van der Waals surface area contributed by atoms with E-state index in [1.54, 1.807) is 11.3 Å². The molecule has 0 saturated carbocycles. The van der Waals surface area contributed by atoms with Gasteiger partial charge in [0.25, 0.3) is 0 Å². The van der Waals surface area contributed by atoms with E-state index in [4.69, 9.17) is 5.84 Å². The zero-order valence-electron chi connectivity index (χ0n) is 14.8. The van der Waals surface area contributed by atoms with E-state index in [1.807, 2.05) is 48.0 Å². The van der Waals surface area contributed by atoms with E-state index in [0.29, 0.717) is 0 Å². The molecule has 2 aromatic carbocycles. The number of aromatic nitrogens is 1. The fourth-order valence-corrected chi connectivity index (χ4v) is 3.50. The van der Waals surface area contributed by atoms with Crippen molar-refractivity contribution in [1.29, 1.82) is 0 Å². The van der Waals surface area contributed by atoms with Gasteiger partial charge < -0.3 is 15.3 Å². The third-order valence-electron chi connectivity index (χ3n) is 3.98. The molecule has 25 heavy (non-hydrogen) atoms. The van der Waals surface area contributed by atoms with Crippen molar-refractivity contribution in [2.24, 2.45) is 18.0 Å². The number of carbonyl (C=O) groups is 1. The third kappa shape index (κ3) is 4.48. The average Bonchev–Trinajstić information content (AvgIpc) is 3.00. The predicted molar refractivity (Wildman–Crippen MR) is 106 cm³/mol. The maximum Gasteiger partial charge on any atom is 0.208 e. The number of aryl methyl sites for hydroxylation is 1. The highest BCUT2D eigenvalue weighted by Crippen LogP contribution is 2.15. The summed E-state index contributed by atoms with van der Waals surface area (Å²) >= 11 is 1.60. The van der Waals surface area contributed by atoms with Gasteiger partial charge >= 0.3 is 0 Å². The molecule has 0 aliphatic rings. The van der Waals surface area contributed by atoms with Gasteiger partial charge in [0, 0.05) is 31.4 Å². The molecule has 0 fully saturated rings. The number of nitrogens with zero attached hydrogens (tertiary/aromatic N) is 3. The van der Waals surface area contributed by atoms with Crippen molar-refractivity contribution < 1.29 is 4.79 Å². The van der Waals surface area contributed by atoms with E-state index in [-0.39, 0.29) is 0 Å². The molecule has 5 nitrogen and oxygen atoms in total. The first-order valence-electron chi connectivity index (χ1n) is 8.23. The Bertz CT molecular complexity index is 876. The lowest BCUT2D eigenvalue weighted by Gasteiger charge is -2.20. The van der Waals surface area contributed by atoms with Crippen LogP contribution in [0.4, 0.5) is 5.69 Å². The number of carbonyl (C=O) groups excluding carboxylic acids is 1. The van der Waals surface area contributed by atoms with Gasteiger partial charge in [-0.15, -0.1) is 0 Å². The van der Waals surface area contributed by atoms with Crippen LogP contribution in [0, 0.1) is 0 Å². The number of hydrogen-bond acceptors (Lipinski definition) is 5. The molecule has 1 aromatic heterocycles. The average molecular weight is 356 g/mol. The molecule has 6 heteroatoms. The minimum absolute atomic E-state index is 0.732. The van der Waals surface area contributed by atoms with Gasteiger partial charge in [0.05, 0.1) is 10.2 Å². The van der Waals surface area contributed by atoms with Gasteiger partial charge in [-0.3, -0.25) is 4.79 Å². The van der Waals surface area contributed by atoms with Gasteiger partial charge in [-0.1, -0.05) is 23.5 Å². The van der Waals surface area contributed by atoms with Crippen molar-refractivity contribution in [3.05, 3.63) is 58.9 Å². The Morgan fingerprint density at radius 3 is 2.28 bits per heavy atom. The third-order valence-corrected chi connectivity index (χ3v) is 5.11. The molecular formula is C19H24N4OS. The Balaban J connectivity index is 0.000000181. The Morgan fingerprint density at radius 2 is 1.76 bits per heavy atom. The number of para-hydroxylation sites is 1. The maximum absolute atomic E-state index is 10.4. The Kier molecular flexibility index (Phi) is 6.77. The molecule has 0 unspecified atom stereocenters. The molecular weight excluding hydrogens is 332 g/mol. The highest BCUT2D eigenvalue weighted by Gasteiger charge is 2.00. The van der Waals surface area contributed by atoms with Crippen LogP contribution in [0.5, 0.6) is 0 Å². The highest BCUT2D eigenvalue weighted by atomic mass is 32.1. The van der Waals surface area contributed by atoms with Crippen molar-refractivity contribution in [3.8, 4) is 0 Å². The lowest BCUT2D eigenvalue weighted by molar-refractivity contribution is 0.112. The van der Waals surface area contributed by atoms with Crippen LogP contribution in [0.1, 0.15) is 24.2 Å². The fourth-order valence-electron chi connectivity index (χ4n) is 2.56. The number of fused-ring (bicyclic) bond motifs is 1. The summed E-state index contributed by atoms with van der Waals surface area (Å²) in [6.45, 7) is 6.24. The first-order chi connectivity index (χ1) is 12.1. The van der Waals surface area contributed by atoms with Gasteiger partial charge in [-0.05, 0) is 50.2 Å². The van der Waals surface area contributed by atoms with Crippen LogP contribution in [0.3, 0.4) is 0 Å². The second kappa shape index (κ2) is 9.03. The summed E-state index contributed by atoms with van der Waals surface area (Å²) in [5.74, 6) is 5.23. The summed E-state index contributed by atoms with van der Waals surface area (Å²) in [6, 6.07) is 15.8. The zero-order chi connectivity index (χ0) is 18.2. The number of aldehydes is 1. The summed E-state index contributed by atoms with van der Waals surface area (Å²) < 4.78 is 3.20. The molecule has 0 amide bonds. The van der Waals surface area contributed by atoms with Crippen LogP contribution in [0.2, 0.25) is 0 Å². The van der Waals surface area contributed by atoms with E-state index < -0.39 is 0 Å². The molecule has 1 heterocycles. The minimum Gasteiger partial charge on any atom is -0.372 e. The highest BCUT2D eigenvalue weighted by molar-refractivity contribution is 7.16. The fraction of sp³-hybridized carbons (Fsp3) is 0.263. The van der Waals surface area contributed by atoms with Crippen LogP contribution in [0.15, 0.2) is 53.6 Å². The van der Waals surface area contributed by atoms with Crippen LogP contribution < -0.4 is 15.5 Å². The summed E-state index contributed by atoms with van der Waals surface area (Å²) in [7, 11) is 1.96. The van der Waals surface area contributed by atoms with Crippen LogP contribution in [-0.2, 0) is 7.05 Å². The lowest BCUT2D eigenvalue weighted by Crippen LogP contribution is -2.21. The number of hydrogen-bond donors (Lipinski definition) is 1. The standard InChI is InChI=1S/C11H15NO.C8H9N3S/c1-3-12(4-2)11-7-5-10(9-13)6-8-11;1-11-6-4-2-3-5-7(6)12-8(11)10-9/h5-9H,3-4H2,1-2H3;2-5H,9H2,1H3. The SMILES string of the molecule is CCN(CC)c1ccc(C=O)cc1.Cn1c(=NN)sc2ccccc21. The molecule has 132 valence electrons. The molecule has 3 aromatic rings. The normalized spacial score (nSPS) is 11.1. The Hall–Kier alpha value is -2.60. The van der Waals surface area contributed by atoms with Crippen molar-refractivity contribution in [3.63, 3.8) is 0 Å². The monoisotopic (exact) mass is 356 g/mol. The summed E-state index contributed by atoms with van der Waals surface area (Å²) in [5.41, 5.74) is 3.08. The maximum atomic E-state index is 10.4. The summed E-state index contributed by atoms with van der Waals surface area (Å²) in [6.07, 6.45) is 0.867. The largest absolute Gasteiger partial charge is 0.372 e. The van der Waals surface area contributed by atoms with E-state index in [1.165, 1.54) is 15.9 Å². The van der Waals surface area contributed by atoms with Crippen LogP contribution in [-0.4, -0.2) is 23.9 Å². The molecule has 0 aliphatic carbocycles. The zero-order valence-corrected chi connectivity index (χ0v) is 15.7. The predicted octanol–water partition coefficient (Wildman–Crippen LogP) is 3.36.